The molecule has 0 amide bonds. The van der Waals surface area contributed by atoms with Gasteiger partial charge in [0.15, 0.2) is 0 Å². The third-order valence-electron chi connectivity index (χ3n) is 3.82. The van der Waals surface area contributed by atoms with E-state index in [1.807, 2.05) is 0 Å². The molecule has 2 aromatic carbocycles. The Kier molecular flexibility index (Phi) is 3.06. The Morgan fingerprint density at radius 1 is 0.944 bits per heavy atom. The number of rotatable bonds is 1. The van der Waals surface area contributed by atoms with Crippen molar-refractivity contribution in [3.05, 3.63) is 55.6 Å². The van der Waals surface area contributed by atoms with Gasteiger partial charge < -0.3 is 0 Å². The molecule has 3 rings (SSSR count). The molecule has 1 aliphatic carbocycles. The third-order valence-corrected chi connectivity index (χ3v) is 6.23. The number of alkyl halides is 1. The average molecular weight is 414 g/mol. The van der Waals surface area contributed by atoms with E-state index in [-0.39, 0.29) is 26.6 Å². The van der Waals surface area contributed by atoms with Crippen LogP contribution in [0.2, 0.25) is 0 Å². The van der Waals surface area contributed by atoms with Crippen LogP contribution < -0.4 is 21.2 Å². The van der Waals surface area contributed by atoms with Crippen molar-refractivity contribution in [1.29, 1.82) is 0 Å². The molecule has 1 aliphatic rings. The Morgan fingerprint density at radius 2 is 1.56 bits per heavy atom. The molecule has 0 heterocycles. The van der Waals surface area contributed by atoms with E-state index in [0.29, 0.717) is 0 Å². The van der Waals surface area contributed by atoms with Gasteiger partial charge in [-0.25, -0.2) is 0 Å². The van der Waals surface area contributed by atoms with Gasteiger partial charge in [0, 0.05) is 0 Å². The van der Waals surface area contributed by atoms with E-state index in [4.69, 9.17) is 0 Å². The second-order valence-electron chi connectivity index (χ2n) is 5.19. The number of fused-ring (bicyclic) bond motifs is 3. The molecule has 0 spiro atoms. The fourth-order valence-corrected chi connectivity index (χ4v) is 4.32. The first-order valence-corrected chi connectivity index (χ1v) is 10.0. The van der Waals surface area contributed by atoms with Gasteiger partial charge >= 0.3 is 128 Å². The maximum absolute atomic E-state index is 3.59. The van der Waals surface area contributed by atoms with Crippen LogP contribution in [0.15, 0.2) is 40.9 Å². The van der Waals surface area contributed by atoms with Crippen LogP contribution in [0.5, 0.6) is 0 Å². The van der Waals surface area contributed by atoms with Gasteiger partial charge in [-0.2, -0.15) is 0 Å². The zero-order valence-electron chi connectivity index (χ0n) is 10.7. The Hall–Kier alpha value is -0.350. The molecular weight excluding hydrogens is 399 g/mol. The van der Waals surface area contributed by atoms with E-state index in [1.54, 1.807) is 0 Å². The van der Waals surface area contributed by atoms with E-state index in [1.165, 1.54) is 30.3 Å². The molecule has 94 valence electrons. The standard InChI is InChI=1S/C16H15BrI/c1-16(2)14-8-10(17)4-6-12(14)13-7-5-11(18-3)9-15(13)16/h4-9H,1-3H3/q-1. The summed E-state index contributed by atoms with van der Waals surface area (Å²) in [5.41, 5.74) is 5.89. The normalized spacial score (nSPS) is 15.6. The summed E-state index contributed by atoms with van der Waals surface area (Å²) >= 11 is 3.76. The first-order valence-electron chi connectivity index (χ1n) is 5.98. The summed E-state index contributed by atoms with van der Waals surface area (Å²) < 4.78 is 2.71. The first kappa shape index (κ1) is 12.7. The Bertz CT molecular complexity index is 629. The summed E-state index contributed by atoms with van der Waals surface area (Å²) in [4.78, 5) is 2.33. The molecule has 2 heteroatoms. The molecule has 0 N–H and O–H groups in total. The molecule has 0 nitrogen and oxygen atoms in total. The molecule has 0 bridgehead atoms. The van der Waals surface area contributed by atoms with Crippen LogP contribution in [0.4, 0.5) is 0 Å². The molecule has 0 unspecified atom stereocenters. The second-order valence-corrected chi connectivity index (χ2v) is 8.43. The fraction of sp³-hybridized carbons (Fsp3) is 0.250. The quantitative estimate of drug-likeness (QED) is 0.492. The van der Waals surface area contributed by atoms with Gasteiger partial charge in [-0.1, -0.05) is 0 Å². The Morgan fingerprint density at radius 3 is 2.22 bits per heavy atom. The van der Waals surface area contributed by atoms with Crippen molar-refractivity contribution in [3.63, 3.8) is 0 Å². The summed E-state index contributed by atoms with van der Waals surface area (Å²) in [6.45, 7) is 4.67. The van der Waals surface area contributed by atoms with Gasteiger partial charge in [0.2, 0.25) is 0 Å². The van der Waals surface area contributed by atoms with E-state index in [0.717, 1.165) is 0 Å². The molecular formula is C16H15BrI-. The third kappa shape index (κ3) is 1.76. The fourth-order valence-electron chi connectivity index (χ4n) is 2.80. The number of benzene rings is 2. The van der Waals surface area contributed by atoms with Gasteiger partial charge in [0.25, 0.3) is 0 Å². The van der Waals surface area contributed by atoms with E-state index in [9.17, 15) is 0 Å². The Labute approximate surface area is 127 Å². The maximum atomic E-state index is 3.59. The topological polar surface area (TPSA) is 0 Å². The zero-order valence-corrected chi connectivity index (χ0v) is 14.5. The number of hydrogen-bond donors (Lipinski definition) is 0. The molecule has 0 radical (unpaired) electrons. The van der Waals surface area contributed by atoms with Crippen LogP contribution in [-0.4, -0.2) is 4.93 Å². The van der Waals surface area contributed by atoms with E-state index >= 15 is 0 Å². The van der Waals surface area contributed by atoms with Crippen molar-refractivity contribution in [1.82, 2.24) is 0 Å². The minimum absolute atomic E-state index is 0.128. The summed E-state index contributed by atoms with van der Waals surface area (Å²) in [6, 6.07) is 13.7. The monoisotopic (exact) mass is 413 g/mol. The zero-order chi connectivity index (χ0) is 12.9. The predicted octanol–water partition coefficient (Wildman–Crippen LogP) is 1.64. The number of halogens is 2. The van der Waals surface area contributed by atoms with Crippen LogP contribution in [0.25, 0.3) is 11.1 Å². The minimum atomic E-state index is 0.128. The van der Waals surface area contributed by atoms with Gasteiger partial charge in [0.05, 0.1) is 0 Å². The Balaban J connectivity index is 2.31. The van der Waals surface area contributed by atoms with Gasteiger partial charge in [-0.15, -0.1) is 0 Å². The van der Waals surface area contributed by atoms with Crippen molar-refractivity contribution in [2.45, 2.75) is 19.3 Å². The molecule has 0 atom stereocenters. The summed E-state index contributed by atoms with van der Waals surface area (Å²) in [5, 5.41) is 0. The summed E-state index contributed by atoms with van der Waals surface area (Å²) in [6.07, 6.45) is 0. The molecule has 0 saturated carbocycles. The summed E-state index contributed by atoms with van der Waals surface area (Å²) in [7, 11) is 0. The van der Waals surface area contributed by atoms with Crippen LogP contribution in [0.3, 0.4) is 0 Å². The van der Waals surface area contributed by atoms with E-state index in [2.05, 4.69) is 71.1 Å². The van der Waals surface area contributed by atoms with Crippen molar-refractivity contribution in [2.24, 2.45) is 0 Å². The molecule has 0 saturated heterocycles. The molecule has 0 fully saturated rings. The van der Waals surface area contributed by atoms with Gasteiger partial charge in [-0.3, -0.25) is 0 Å². The molecule has 0 aromatic heterocycles. The second kappa shape index (κ2) is 4.34. The predicted molar refractivity (Wildman–Crippen MR) is 76.3 cm³/mol. The number of hydrogen-bond acceptors (Lipinski definition) is 0. The molecule has 0 aliphatic heterocycles. The molecule has 2 aromatic rings. The van der Waals surface area contributed by atoms with Crippen molar-refractivity contribution in [3.8, 4) is 11.1 Å². The molecule has 18 heavy (non-hydrogen) atoms. The first-order chi connectivity index (χ1) is 8.54. The van der Waals surface area contributed by atoms with Crippen molar-refractivity contribution < 1.29 is 21.2 Å². The summed E-state index contributed by atoms with van der Waals surface area (Å²) in [5.74, 6) is 0. The average Bonchev–Trinajstić information content (AvgIpc) is 2.58. The van der Waals surface area contributed by atoms with Crippen molar-refractivity contribution >= 4 is 15.9 Å². The van der Waals surface area contributed by atoms with Gasteiger partial charge in [-0.05, 0) is 0 Å². The van der Waals surface area contributed by atoms with E-state index < -0.39 is 0 Å². The van der Waals surface area contributed by atoms with Crippen LogP contribution >= 0.6 is 15.9 Å². The van der Waals surface area contributed by atoms with Gasteiger partial charge in [0.1, 0.15) is 0 Å². The van der Waals surface area contributed by atoms with Crippen LogP contribution in [0, 0.1) is 3.57 Å². The SMILES string of the molecule is C[I-]c1ccc2c(c1)C(C)(C)c1cc(Br)ccc1-2. The van der Waals surface area contributed by atoms with Crippen molar-refractivity contribution in [2.75, 3.05) is 4.93 Å². The van der Waals surface area contributed by atoms with Crippen LogP contribution in [0.1, 0.15) is 25.0 Å². The van der Waals surface area contributed by atoms with Crippen LogP contribution in [-0.2, 0) is 5.41 Å².